The third-order valence-corrected chi connectivity index (χ3v) is 2.94. The molecular formula is C11H21NO3. The SMILES string of the molecule is CCC(C)(C)OC(=O)N1CCC(O)CC1. The van der Waals surface area contributed by atoms with Crippen LogP contribution >= 0.6 is 0 Å². The Kier molecular flexibility index (Phi) is 3.97. The molecule has 0 aromatic heterocycles. The number of carbonyl (C=O) groups excluding carboxylic acids is 1. The van der Waals surface area contributed by atoms with Gasteiger partial charge in [0.25, 0.3) is 0 Å². The molecule has 4 heteroatoms. The standard InChI is InChI=1S/C11H21NO3/c1-4-11(2,3)15-10(14)12-7-5-9(13)6-8-12/h9,13H,4-8H2,1-3H3. The number of carbonyl (C=O) groups is 1. The topological polar surface area (TPSA) is 49.8 Å². The third-order valence-electron chi connectivity index (χ3n) is 2.94. The molecule has 0 atom stereocenters. The van der Waals surface area contributed by atoms with Gasteiger partial charge in [0.05, 0.1) is 6.10 Å². The Hall–Kier alpha value is -0.770. The normalized spacial score (nSPS) is 19.1. The van der Waals surface area contributed by atoms with Crippen LogP contribution in [0.3, 0.4) is 0 Å². The van der Waals surface area contributed by atoms with Crippen LogP contribution in [0, 0.1) is 0 Å². The van der Waals surface area contributed by atoms with E-state index in [1.54, 1.807) is 4.90 Å². The Morgan fingerprint density at radius 1 is 1.47 bits per heavy atom. The molecule has 0 aromatic rings. The maximum absolute atomic E-state index is 11.7. The fourth-order valence-electron chi connectivity index (χ4n) is 1.42. The molecular weight excluding hydrogens is 194 g/mol. The number of nitrogens with zero attached hydrogens (tertiary/aromatic N) is 1. The van der Waals surface area contributed by atoms with Crippen molar-refractivity contribution in [2.24, 2.45) is 0 Å². The molecule has 1 rings (SSSR count). The molecule has 1 fully saturated rings. The van der Waals surface area contributed by atoms with Gasteiger partial charge in [-0.15, -0.1) is 0 Å². The number of aliphatic hydroxyl groups is 1. The van der Waals surface area contributed by atoms with Crippen molar-refractivity contribution in [3.63, 3.8) is 0 Å². The highest BCUT2D eigenvalue weighted by atomic mass is 16.6. The van der Waals surface area contributed by atoms with E-state index in [1.807, 2.05) is 20.8 Å². The first-order valence-electron chi connectivity index (χ1n) is 5.60. The molecule has 4 nitrogen and oxygen atoms in total. The van der Waals surface area contributed by atoms with Crippen LogP contribution in [0.1, 0.15) is 40.0 Å². The highest BCUT2D eigenvalue weighted by Crippen LogP contribution is 2.17. The molecule has 1 heterocycles. The lowest BCUT2D eigenvalue weighted by molar-refractivity contribution is -0.000743. The van der Waals surface area contributed by atoms with E-state index >= 15 is 0 Å². The van der Waals surface area contributed by atoms with Crippen molar-refractivity contribution in [3.05, 3.63) is 0 Å². The van der Waals surface area contributed by atoms with Crippen LogP contribution in [0.4, 0.5) is 4.79 Å². The Labute approximate surface area is 91.2 Å². The van der Waals surface area contributed by atoms with E-state index in [-0.39, 0.29) is 12.2 Å². The summed E-state index contributed by atoms with van der Waals surface area (Å²) in [6.07, 6.45) is 1.60. The zero-order valence-corrected chi connectivity index (χ0v) is 9.82. The predicted molar refractivity (Wildman–Crippen MR) is 57.7 cm³/mol. The number of hydrogen-bond donors (Lipinski definition) is 1. The van der Waals surface area contributed by atoms with Crippen LogP contribution in [0.25, 0.3) is 0 Å². The Balaban J connectivity index is 2.41. The number of amides is 1. The average Bonchev–Trinajstić information content (AvgIpc) is 2.18. The van der Waals surface area contributed by atoms with Crippen molar-refractivity contribution >= 4 is 6.09 Å². The van der Waals surface area contributed by atoms with Crippen molar-refractivity contribution in [3.8, 4) is 0 Å². The number of likely N-dealkylation sites (tertiary alicyclic amines) is 1. The molecule has 0 bridgehead atoms. The van der Waals surface area contributed by atoms with Gasteiger partial charge in [0.1, 0.15) is 5.60 Å². The van der Waals surface area contributed by atoms with E-state index in [0.29, 0.717) is 25.9 Å². The summed E-state index contributed by atoms with van der Waals surface area (Å²) in [7, 11) is 0. The second-order valence-electron chi connectivity index (χ2n) is 4.70. The molecule has 0 spiro atoms. The van der Waals surface area contributed by atoms with E-state index in [2.05, 4.69) is 0 Å². The number of ether oxygens (including phenoxy) is 1. The van der Waals surface area contributed by atoms with Crippen LogP contribution in [0.5, 0.6) is 0 Å². The first-order chi connectivity index (χ1) is 6.94. The lowest BCUT2D eigenvalue weighted by atomic mass is 10.1. The Bertz CT molecular complexity index is 220. The van der Waals surface area contributed by atoms with Gasteiger partial charge < -0.3 is 14.7 Å². The van der Waals surface area contributed by atoms with E-state index in [1.165, 1.54) is 0 Å². The number of rotatable bonds is 2. The molecule has 88 valence electrons. The van der Waals surface area contributed by atoms with Crippen molar-refractivity contribution in [1.29, 1.82) is 0 Å². The quantitative estimate of drug-likeness (QED) is 0.763. The zero-order valence-electron chi connectivity index (χ0n) is 9.82. The molecule has 1 saturated heterocycles. The van der Waals surface area contributed by atoms with Crippen LogP contribution in [0.2, 0.25) is 0 Å². The summed E-state index contributed by atoms with van der Waals surface area (Å²) in [5, 5.41) is 9.31. The van der Waals surface area contributed by atoms with Gasteiger partial charge in [0.2, 0.25) is 0 Å². The summed E-state index contributed by atoms with van der Waals surface area (Å²) < 4.78 is 5.37. The molecule has 0 unspecified atom stereocenters. The first kappa shape index (κ1) is 12.3. The highest BCUT2D eigenvalue weighted by molar-refractivity contribution is 5.68. The van der Waals surface area contributed by atoms with E-state index < -0.39 is 5.60 Å². The van der Waals surface area contributed by atoms with E-state index in [4.69, 9.17) is 4.74 Å². The smallest absolute Gasteiger partial charge is 0.410 e. The van der Waals surface area contributed by atoms with E-state index in [0.717, 1.165) is 6.42 Å². The van der Waals surface area contributed by atoms with Gasteiger partial charge >= 0.3 is 6.09 Å². The van der Waals surface area contributed by atoms with Crippen LogP contribution in [-0.4, -0.2) is 40.9 Å². The van der Waals surface area contributed by atoms with Crippen LogP contribution in [0.15, 0.2) is 0 Å². The lowest BCUT2D eigenvalue weighted by Crippen LogP contribution is -2.43. The minimum Gasteiger partial charge on any atom is -0.443 e. The second kappa shape index (κ2) is 4.84. The molecule has 1 aliphatic rings. The summed E-state index contributed by atoms with van der Waals surface area (Å²) in [6, 6.07) is 0. The fourth-order valence-corrected chi connectivity index (χ4v) is 1.42. The minimum absolute atomic E-state index is 0.256. The molecule has 15 heavy (non-hydrogen) atoms. The minimum atomic E-state index is -0.396. The number of hydrogen-bond acceptors (Lipinski definition) is 3. The summed E-state index contributed by atoms with van der Waals surface area (Å²) in [4.78, 5) is 13.4. The Morgan fingerprint density at radius 2 is 2.00 bits per heavy atom. The van der Waals surface area contributed by atoms with Gasteiger partial charge in [-0.1, -0.05) is 6.92 Å². The van der Waals surface area contributed by atoms with Gasteiger partial charge in [-0.2, -0.15) is 0 Å². The monoisotopic (exact) mass is 215 g/mol. The largest absolute Gasteiger partial charge is 0.443 e. The van der Waals surface area contributed by atoms with Crippen LogP contribution in [-0.2, 0) is 4.74 Å². The molecule has 1 aliphatic heterocycles. The van der Waals surface area contributed by atoms with Crippen molar-refractivity contribution in [1.82, 2.24) is 4.90 Å². The molecule has 0 aliphatic carbocycles. The predicted octanol–water partition coefficient (Wildman–Crippen LogP) is 1.77. The summed E-state index contributed by atoms with van der Waals surface area (Å²) >= 11 is 0. The average molecular weight is 215 g/mol. The maximum atomic E-state index is 11.7. The van der Waals surface area contributed by atoms with Gasteiger partial charge in [-0.3, -0.25) is 0 Å². The highest BCUT2D eigenvalue weighted by Gasteiger charge is 2.27. The van der Waals surface area contributed by atoms with Gasteiger partial charge in [-0.05, 0) is 33.1 Å². The zero-order chi connectivity index (χ0) is 11.5. The number of piperidine rings is 1. The summed E-state index contributed by atoms with van der Waals surface area (Å²) in [5.74, 6) is 0. The third kappa shape index (κ3) is 3.70. The fraction of sp³-hybridized carbons (Fsp3) is 0.909. The molecule has 0 saturated carbocycles. The second-order valence-corrected chi connectivity index (χ2v) is 4.70. The summed E-state index contributed by atoms with van der Waals surface area (Å²) in [5.41, 5.74) is -0.396. The van der Waals surface area contributed by atoms with Gasteiger partial charge in [-0.25, -0.2) is 4.79 Å². The summed E-state index contributed by atoms with van der Waals surface area (Å²) in [6.45, 7) is 7.00. The van der Waals surface area contributed by atoms with Crippen molar-refractivity contribution in [2.75, 3.05) is 13.1 Å². The Morgan fingerprint density at radius 3 is 2.47 bits per heavy atom. The van der Waals surface area contributed by atoms with Crippen molar-refractivity contribution in [2.45, 2.75) is 51.7 Å². The molecule has 1 amide bonds. The first-order valence-corrected chi connectivity index (χ1v) is 5.60. The molecule has 1 N–H and O–H groups in total. The maximum Gasteiger partial charge on any atom is 0.410 e. The van der Waals surface area contributed by atoms with Gasteiger partial charge in [0.15, 0.2) is 0 Å². The van der Waals surface area contributed by atoms with Crippen LogP contribution < -0.4 is 0 Å². The van der Waals surface area contributed by atoms with Gasteiger partial charge in [0, 0.05) is 13.1 Å². The molecule has 0 aromatic carbocycles. The lowest BCUT2D eigenvalue weighted by Gasteiger charge is -2.32. The number of aliphatic hydroxyl groups excluding tert-OH is 1. The molecule has 0 radical (unpaired) electrons. The van der Waals surface area contributed by atoms with Crippen molar-refractivity contribution < 1.29 is 14.6 Å². The van der Waals surface area contributed by atoms with E-state index in [9.17, 15) is 9.90 Å².